The number of nitrogens with zero attached hydrogens (tertiary/aromatic N) is 1. The van der Waals surface area contributed by atoms with Gasteiger partial charge in [0, 0.05) is 18.0 Å². The standard InChI is InChI=1S/C19H21NO4/c21-18-10-15(11-20-6-4-12(5-7-20)19(22)23)16-8-13-2-1-3-14(13)9-17(16)24-18/h8-10,12H,1-7,11H2,(H,22,23). The number of carboxylic acids is 1. The first-order chi connectivity index (χ1) is 11.6. The maximum absolute atomic E-state index is 11.9. The molecule has 0 radical (unpaired) electrons. The lowest BCUT2D eigenvalue weighted by atomic mass is 9.96. The van der Waals surface area contributed by atoms with Gasteiger partial charge in [-0.1, -0.05) is 0 Å². The number of piperidine rings is 1. The SMILES string of the molecule is O=C(O)C1CCN(Cc2cc(=O)oc3cc4c(cc23)CCC4)CC1. The number of hydrogen-bond donors (Lipinski definition) is 1. The van der Waals surface area contributed by atoms with Gasteiger partial charge in [-0.2, -0.15) is 0 Å². The van der Waals surface area contributed by atoms with E-state index in [0.29, 0.717) is 25.0 Å². The summed E-state index contributed by atoms with van der Waals surface area (Å²) in [6, 6.07) is 5.80. The van der Waals surface area contributed by atoms with Gasteiger partial charge in [0.05, 0.1) is 5.92 Å². The quantitative estimate of drug-likeness (QED) is 0.878. The minimum atomic E-state index is -0.698. The van der Waals surface area contributed by atoms with E-state index in [1.807, 2.05) is 6.07 Å². The highest BCUT2D eigenvalue weighted by Crippen LogP contribution is 2.29. The molecule has 2 aromatic rings. The van der Waals surface area contributed by atoms with Crippen LogP contribution in [0.25, 0.3) is 11.0 Å². The fourth-order valence-corrected chi connectivity index (χ4v) is 4.00. The van der Waals surface area contributed by atoms with Crippen LogP contribution < -0.4 is 5.63 Å². The summed E-state index contributed by atoms with van der Waals surface area (Å²) in [6.45, 7) is 2.18. The minimum absolute atomic E-state index is 0.234. The van der Waals surface area contributed by atoms with Gasteiger partial charge in [0.1, 0.15) is 5.58 Å². The summed E-state index contributed by atoms with van der Waals surface area (Å²) < 4.78 is 5.41. The van der Waals surface area contributed by atoms with Crippen molar-refractivity contribution in [1.29, 1.82) is 0 Å². The van der Waals surface area contributed by atoms with E-state index in [0.717, 1.165) is 43.3 Å². The van der Waals surface area contributed by atoms with Crippen LogP contribution >= 0.6 is 0 Å². The van der Waals surface area contributed by atoms with E-state index in [-0.39, 0.29) is 11.5 Å². The number of likely N-dealkylation sites (tertiary alicyclic amines) is 1. The first-order valence-corrected chi connectivity index (χ1v) is 8.64. The maximum atomic E-state index is 11.9. The molecule has 2 aliphatic rings. The fourth-order valence-electron chi connectivity index (χ4n) is 4.00. The van der Waals surface area contributed by atoms with Gasteiger partial charge in [-0.25, -0.2) is 4.79 Å². The highest BCUT2D eigenvalue weighted by Gasteiger charge is 2.25. The predicted octanol–water partition coefficient (Wildman–Crippen LogP) is 2.58. The second-order valence-electron chi connectivity index (χ2n) is 6.95. The maximum Gasteiger partial charge on any atom is 0.336 e. The molecule has 1 N–H and O–H groups in total. The number of aryl methyl sites for hydroxylation is 2. The van der Waals surface area contributed by atoms with Crippen LogP contribution in [0.2, 0.25) is 0 Å². The Hall–Kier alpha value is -2.14. The summed E-state index contributed by atoms with van der Waals surface area (Å²) >= 11 is 0. The molecule has 4 rings (SSSR count). The van der Waals surface area contributed by atoms with E-state index in [1.54, 1.807) is 6.07 Å². The van der Waals surface area contributed by atoms with Crippen molar-refractivity contribution in [3.05, 3.63) is 45.3 Å². The molecular formula is C19H21NO4. The van der Waals surface area contributed by atoms with Crippen molar-refractivity contribution in [2.75, 3.05) is 13.1 Å². The third kappa shape index (κ3) is 2.84. The molecule has 1 aromatic heterocycles. The molecule has 0 bridgehead atoms. The smallest absolute Gasteiger partial charge is 0.336 e. The molecular weight excluding hydrogens is 306 g/mol. The van der Waals surface area contributed by atoms with Crippen LogP contribution in [0.3, 0.4) is 0 Å². The molecule has 1 aliphatic heterocycles. The molecule has 5 heteroatoms. The highest BCUT2D eigenvalue weighted by atomic mass is 16.4. The lowest BCUT2D eigenvalue weighted by molar-refractivity contribution is -0.143. The van der Waals surface area contributed by atoms with Crippen LogP contribution in [-0.2, 0) is 24.2 Å². The molecule has 1 aliphatic carbocycles. The number of aliphatic carboxylic acids is 1. The molecule has 0 unspecified atom stereocenters. The topological polar surface area (TPSA) is 70.8 Å². The molecule has 1 saturated heterocycles. The normalized spacial score (nSPS) is 18.8. The summed E-state index contributed by atoms with van der Waals surface area (Å²) in [5.41, 5.74) is 4.02. The monoisotopic (exact) mass is 327 g/mol. The zero-order valence-corrected chi connectivity index (χ0v) is 13.6. The largest absolute Gasteiger partial charge is 0.481 e. The first-order valence-electron chi connectivity index (χ1n) is 8.64. The average molecular weight is 327 g/mol. The summed E-state index contributed by atoms with van der Waals surface area (Å²) in [5, 5.41) is 10.1. The Balaban J connectivity index is 1.62. The van der Waals surface area contributed by atoms with E-state index in [2.05, 4.69) is 11.0 Å². The number of hydrogen-bond acceptors (Lipinski definition) is 4. The Morgan fingerprint density at radius 3 is 2.58 bits per heavy atom. The number of carboxylic acid groups (broad SMARTS) is 1. The number of carbonyl (C=O) groups is 1. The van der Waals surface area contributed by atoms with Crippen molar-refractivity contribution in [1.82, 2.24) is 4.90 Å². The van der Waals surface area contributed by atoms with Gasteiger partial charge in [-0.3, -0.25) is 9.69 Å². The van der Waals surface area contributed by atoms with Gasteiger partial charge in [-0.05, 0) is 74.0 Å². The number of rotatable bonds is 3. The van der Waals surface area contributed by atoms with Crippen molar-refractivity contribution in [3.8, 4) is 0 Å². The second kappa shape index (κ2) is 6.06. The van der Waals surface area contributed by atoms with Gasteiger partial charge in [-0.15, -0.1) is 0 Å². The van der Waals surface area contributed by atoms with E-state index in [1.165, 1.54) is 11.1 Å². The lowest BCUT2D eigenvalue weighted by Crippen LogP contribution is -2.36. The van der Waals surface area contributed by atoms with Gasteiger partial charge in [0.25, 0.3) is 0 Å². The molecule has 2 heterocycles. The lowest BCUT2D eigenvalue weighted by Gasteiger charge is -2.30. The Morgan fingerprint density at radius 2 is 1.88 bits per heavy atom. The van der Waals surface area contributed by atoms with Crippen LogP contribution in [0.4, 0.5) is 0 Å². The van der Waals surface area contributed by atoms with Gasteiger partial charge >= 0.3 is 11.6 Å². The van der Waals surface area contributed by atoms with Crippen LogP contribution in [-0.4, -0.2) is 29.1 Å². The second-order valence-corrected chi connectivity index (χ2v) is 6.95. The van der Waals surface area contributed by atoms with Gasteiger partial charge in [0.15, 0.2) is 0 Å². The molecule has 24 heavy (non-hydrogen) atoms. The van der Waals surface area contributed by atoms with Crippen molar-refractivity contribution in [3.63, 3.8) is 0 Å². The fraction of sp³-hybridized carbons (Fsp3) is 0.474. The van der Waals surface area contributed by atoms with Gasteiger partial charge < -0.3 is 9.52 Å². The van der Waals surface area contributed by atoms with Crippen molar-refractivity contribution in [2.45, 2.75) is 38.6 Å². The molecule has 0 atom stereocenters. The van der Waals surface area contributed by atoms with Crippen molar-refractivity contribution in [2.24, 2.45) is 5.92 Å². The van der Waals surface area contributed by atoms with Crippen LogP contribution in [0.1, 0.15) is 36.0 Å². The molecule has 0 amide bonds. The summed E-state index contributed by atoms with van der Waals surface area (Å²) in [6.07, 6.45) is 4.65. The zero-order chi connectivity index (χ0) is 16.7. The molecule has 0 spiro atoms. The third-order valence-electron chi connectivity index (χ3n) is 5.37. The van der Waals surface area contributed by atoms with E-state index in [9.17, 15) is 9.59 Å². The van der Waals surface area contributed by atoms with Crippen LogP contribution in [0, 0.1) is 5.92 Å². The summed E-state index contributed by atoms with van der Waals surface area (Å²) in [7, 11) is 0. The van der Waals surface area contributed by atoms with Gasteiger partial charge in [0.2, 0.25) is 0 Å². The van der Waals surface area contributed by atoms with Crippen molar-refractivity contribution < 1.29 is 14.3 Å². The Bertz CT molecular complexity index is 846. The van der Waals surface area contributed by atoms with E-state index >= 15 is 0 Å². The average Bonchev–Trinajstić information content (AvgIpc) is 3.00. The van der Waals surface area contributed by atoms with Crippen molar-refractivity contribution >= 4 is 16.9 Å². The van der Waals surface area contributed by atoms with Crippen LogP contribution in [0.5, 0.6) is 0 Å². The Kier molecular flexibility index (Phi) is 3.88. The Labute approximate surface area is 139 Å². The molecule has 0 saturated carbocycles. The predicted molar refractivity (Wildman–Crippen MR) is 90.1 cm³/mol. The van der Waals surface area contributed by atoms with E-state index < -0.39 is 5.97 Å². The Morgan fingerprint density at radius 1 is 1.17 bits per heavy atom. The molecule has 126 valence electrons. The highest BCUT2D eigenvalue weighted by molar-refractivity contribution is 5.82. The first kappa shape index (κ1) is 15.4. The van der Waals surface area contributed by atoms with Crippen LogP contribution in [0.15, 0.2) is 27.4 Å². The number of benzene rings is 1. The van der Waals surface area contributed by atoms with E-state index in [4.69, 9.17) is 9.52 Å². The molecule has 5 nitrogen and oxygen atoms in total. The summed E-state index contributed by atoms with van der Waals surface area (Å²) in [4.78, 5) is 25.2. The molecule has 1 aromatic carbocycles. The zero-order valence-electron chi connectivity index (χ0n) is 13.6. The minimum Gasteiger partial charge on any atom is -0.481 e. The third-order valence-corrected chi connectivity index (χ3v) is 5.37. The summed E-state index contributed by atoms with van der Waals surface area (Å²) in [5.74, 6) is -0.932. The molecule has 1 fully saturated rings. The number of fused-ring (bicyclic) bond motifs is 2.